The maximum atomic E-state index is 14.0. The Bertz CT molecular complexity index is 649. The fraction of sp³-hybridized carbons (Fsp3) is 0.188. The predicted octanol–water partition coefficient (Wildman–Crippen LogP) is 3.01. The highest BCUT2D eigenvalue weighted by Crippen LogP contribution is 2.32. The average Bonchev–Trinajstić information content (AvgIpc) is 2.82. The molecule has 1 unspecified atom stereocenters. The summed E-state index contributed by atoms with van der Waals surface area (Å²) < 4.78 is 14.0. The largest absolute Gasteiger partial charge is 0.369 e. The van der Waals surface area contributed by atoms with E-state index in [1.165, 1.54) is 11.6 Å². The van der Waals surface area contributed by atoms with E-state index in [4.69, 9.17) is 5.73 Å². The maximum Gasteiger partial charge on any atom is 0.196 e. The number of guanidine groups is 1. The molecule has 0 spiro atoms. The van der Waals surface area contributed by atoms with Crippen LogP contribution in [0, 0.1) is 12.7 Å². The molecule has 2 N–H and O–H groups in total. The zero-order valence-corrected chi connectivity index (χ0v) is 11.3. The molecule has 0 aliphatic carbocycles. The van der Waals surface area contributed by atoms with Crippen LogP contribution >= 0.6 is 0 Å². The van der Waals surface area contributed by atoms with E-state index < -0.39 is 0 Å². The first-order chi connectivity index (χ1) is 9.66. The third-order valence-corrected chi connectivity index (χ3v) is 3.56. The van der Waals surface area contributed by atoms with Crippen molar-refractivity contribution in [2.24, 2.45) is 10.7 Å². The number of rotatable bonds is 2. The number of para-hydroxylation sites is 1. The Morgan fingerprint density at radius 1 is 1.15 bits per heavy atom. The van der Waals surface area contributed by atoms with E-state index in [2.05, 4.69) is 4.99 Å². The molecule has 20 heavy (non-hydrogen) atoms. The lowest BCUT2D eigenvalue weighted by molar-refractivity contribution is 0.619. The van der Waals surface area contributed by atoms with Gasteiger partial charge in [0.05, 0.1) is 18.3 Å². The van der Waals surface area contributed by atoms with E-state index in [1.54, 1.807) is 23.1 Å². The van der Waals surface area contributed by atoms with Gasteiger partial charge in [0.2, 0.25) is 0 Å². The van der Waals surface area contributed by atoms with Crippen LogP contribution < -0.4 is 10.6 Å². The first-order valence-corrected chi connectivity index (χ1v) is 6.57. The minimum atomic E-state index is -0.287. The van der Waals surface area contributed by atoms with Gasteiger partial charge in [-0.05, 0) is 24.6 Å². The molecule has 3 rings (SSSR count). The van der Waals surface area contributed by atoms with Crippen LogP contribution in [0.15, 0.2) is 53.5 Å². The molecular weight excluding hydrogens is 253 g/mol. The average molecular weight is 269 g/mol. The highest BCUT2D eigenvalue weighted by atomic mass is 19.1. The Balaban J connectivity index is 2.01. The highest BCUT2D eigenvalue weighted by molar-refractivity contribution is 5.97. The van der Waals surface area contributed by atoms with Gasteiger partial charge in [0.25, 0.3) is 0 Å². The number of nitrogens with zero attached hydrogens (tertiary/aromatic N) is 2. The molecule has 0 saturated heterocycles. The molecule has 0 aromatic heterocycles. The molecule has 0 saturated carbocycles. The van der Waals surface area contributed by atoms with E-state index in [-0.39, 0.29) is 11.9 Å². The van der Waals surface area contributed by atoms with Crippen molar-refractivity contribution in [3.63, 3.8) is 0 Å². The van der Waals surface area contributed by atoms with Crippen LogP contribution in [-0.4, -0.2) is 12.5 Å². The van der Waals surface area contributed by atoms with Crippen molar-refractivity contribution in [2.45, 2.75) is 13.0 Å². The summed E-state index contributed by atoms with van der Waals surface area (Å²) in [7, 11) is 0. The SMILES string of the molecule is Cc1ccc(C2CN=C(N)N2c2ccccc2F)cc1. The lowest BCUT2D eigenvalue weighted by Gasteiger charge is -2.27. The van der Waals surface area contributed by atoms with Crippen molar-refractivity contribution in [3.05, 3.63) is 65.5 Å². The van der Waals surface area contributed by atoms with Crippen LogP contribution in [0.4, 0.5) is 10.1 Å². The minimum Gasteiger partial charge on any atom is -0.369 e. The summed E-state index contributed by atoms with van der Waals surface area (Å²) in [6.45, 7) is 2.58. The van der Waals surface area contributed by atoms with Crippen LogP contribution in [0.3, 0.4) is 0 Å². The van der Waals surface area contributed by atoms with Gasteiger partial charge >= 0.3 is 0 Å². The van der Waals surface area contributed by atoms with Gasteiger partial charge in [-0.1, -0.05) is 42.0 Å². The number of halogens is 1. The molecule has 1 heterocycles. The number of aryl methyl sites for hydroxylation is 1. The number of hydrogen-bond donors (Lipinski definition) is 1. The zero-order chi connectivity index (χ0) is 14.1. The second-order valence-corrected chi connectivity index (χ2v) is 4.95. The second kappa shape index (κ2) is 4.96. The van der Waals surface area contributed by atoms with Gasteiger partial charge in [0.15, 0.2) is 5.96 Å². The Hall–Kier alpha value is -2.36. The molecule has 0 amide bonds. The van der Waals surface area contributed by atoms with Crippen LogP contribution in [0.5, 0.6) is 0 Å². The molecule has 102 valence electrons. The smallest absolute Gasteiger partial charge is 0.196 e. The Morgan fingerprint density at radius 3 is 2.55 bits per heavy atom. The van der Waals surface area contributed by atoms with E-state index in [1.807, 2.05) is 31.2 Å². The third kappa shape index (κ3) is 2.13. The maximum absolute atomic E-state index is 14.0. The van der Waals surface area contributed by atoms with Crippen LogP contribution in [0.1, 0.15) is 17.2 Å². The van der Waals surface area contributed by atoms with E-state index in [0.717, 1.165) is 5.56 Å². The Morgan fingerprint density at radius 2 is 1.85 bits per heavy atom. The van der Waals surface area contributed by atoms with Crippen molar-refractivity contribution in [3.8, 4) is 0 Å². The number of nitrogens with two attached hydrogens (primary N) is 1. The molecule has 4 heteroatoms. The molecule has 0 fully saturated rings. The van der Waals surface area contributed by atoms with Gasteiger partial charge in [0, 0.05) is 0 Å². The monoisotopic (exact) mass is 269 g/mol. The van der Waals surface area contributed by atoms with Crippen molar-refractivity contribution >= 4 is 11.6 Å². The van der Waals surface area contributed by atoms with Gasteiger partial charge in [-0.25, -0.2) is 4.39 Å². The molecule has 3 nitrogen and oxygen atoms in total. The van der Waals surface area contributed by atoms with Crippen molar-refractivity contribution in [1.29, 1.82) is 0 Å². The number of hydrogen-bond acceptors (Lipinski definition) is 3. The van der Waals surface area contributed by atoms with Crippen molar-refractivity contribution < 1.29 is 4.39 Å². The van der Waals surface area contributed by atoms with Crippen LogP contribution in [-0.2, 0) is 0 Å². The van der Waals surface area contributed by atoms with Crippen LogP contribution in [0.2, 0.25) is 0 Å². The summed E-state index contributed by atoms with van der Waals surface area (Å²) in [5, 5.41) is 0. The lowest BCUT2D eigenvalue weighted by Crippen LogP contribution is -2.36. The number of aliphatic imine (C=N–C) groups is 1. The quantitative estimate of drug-likeness (QED) is 0.910. The van der Waals surface area contributed by atoms with E-state index >= 15 is 0 Å². The Labute approximate surface area is 117 Å². The van der Waals surface area contributed by atoms with Gasteiger partial charge in [-0.2, -0.15) is 0 Å². The fourth-order valence-corrected chi connectivity index (χ4v) is 2.48. The van der Waals surface area contributed by atoms with Gasteiger partial charge in [-0.15, -0.1) is 0 Å². The summed E-state index contributed by atoms with van der Waals surface area (Å²) in [4.78, 5) is 6.03. The molecule has 1 aliphatic heterocycles. The second-order valence-electron chi connectivity index (χ2n) is 4.95. The molecule has 0 radical (unpaired) electrons. The number of anilines is 1. The summed E-state index contributed by atoms with van der Waals surface area (Å²) in [5.74, 6) is 0.0744. The number of benzene rings is 2. The van der Waals surface area contributed by atoms with Gasteiger partial charge in [0.1, 0.15) is 5.82 Å². The predicted molar refractivity (Wildman–Crippen MR) is 79.3 cm³/mol. The summed E-state index contributed by atoms with van der Waals surface area (Å²) in [5.41, 5.74) is 8.69. The third-order valence-electron chi connectivity index (χ3n) is 3.56. The van der Waals surface area contributed by atoms with Gasteiger partial charge in [-0.3, -0.25) is 4.99 Å². The molecule has 1 atom stereocenters. The topological polar surface area (TPSA) is 41.6 Å². The zero-order valence-electron chi connectivity index (χ0n) is 11.3. The Kier molecular flexibility index (Phi) is 3.14. The fourth-order valence-electron chi connectivity index (χ4n) is 2.48. The van der Waals surface area contributed by atoms with Crippen molar-refractivity contribution in [2.75, 3.05) is 11.4 Å². The summed E-state index contributed by atoms with van der Waals surface area (Å²) in [6.07, 6.45) is 0. The summed E-state index contributed by atoms with van der Waals surface area (Å²) >= 11 is 0. The lowest BCUT2D eigenvalue weighted by atomic mass is 10.0. The van der Waals surface area contributed by atoms with E-state index in [0.29, 0.717) is 18.2 Å². The van der Waals surface area contributed by atoms with Crippen molar-refractivity contribution in [1.82, 2.24) is 0 Å². The molecule has 2 aromatic carbocycles. The first kappa shape index (κ1) is 12.7. The standard InChI is InChI=1S/C16H16FN3/c1-11-6-8-12(9-7-11)15-10-19-16(18)20(15)14-5-3-2-4-13(14)17/h2-9,15H,10H2,1H3,(H2,18,19). The first-order valence-electron chi connectivity index (χ1n) is 6.57. The molecular formula is C16H16FN3. The minimum absolute atomic E-state index is 0.0486. The van der Waals surface area contributed by atoms with Crippen LogP contribution in [0.25, 0.3) is 0 Å². The van der Waals surface area contributed by atoms with E-state index in [9.17, 15) is 4.39 Å². The molecule has 0 bridgehead atoms. The highest BCUT2D eigenvalue weighted by Gasteiger charge is 2.30. The molecule has 2 aromatic rings. The summed E-state index contributed by atoms with van der Waals surface area (Å²) in [6, 6.07) is 14.8. The normalized spacial score (nSPS) is 18.2. The molecule has 1 aliphatic rings. The van der Waals surface area contributed by atoms with Gasteiger partial charge < -0.3 is 10.6 Å².